The lowest BCUT2D eigenvalue weighted by molar-refractivity contribution is 0.146. The van der Waals surface area contributed by atoms with Gasteiger partial charge in [0, 0.05) is 32.7 Å². The molecule has 1 aliphatic rings. The maximum absolute atomic E-state index is 5.68. The molecule has 6 heteroatoms. The molecule has 2 aromatic carbocycles. The van der Waals surface area contributed by atoms with Crippen molar-refractivity contribution in [3.8, 4) is 5.75 Å². The number of benzene rings is 2. The summed E-state index contributed by atoms with van der Waals surface area (Å²) in [6, 6.07) is 18.9. The summed E-state index contributed by atoms with van der Waals surface area (Å²) in [4.78, 5) is 4.39. The van der Waals surface area contributed by atoms with Crippen molar-refractivity contribution in [2.45, 2.75) is 31.2 Å². The third-order valence-electron chi connectivity index (χ3n) is 5.43. The Hall–Kier alpha value is -1.80. The normalized spacial score (nSPS) is 15.0. The summed E-state index contributed by atoms with van der Waals surface area (Å²) in [5.74, 6) is 1.68. The Morgan fingerprint density at radius 2 is 1.83 bits per heavy atom. The average molecular weight is 509 g/mol. The Morgan fingerprint density at radius 1 is 1.03 bits per heavy atom. The van der Waals surface area contributed by atoms with Crippen LogP contribution in [0.5, 0.6) is 5.75 Å². The number of hydrogen-bond acceptors (Lipinski definition) is 3. The molecule has 158 valence electrons. The van der Waals surface area contributed by atoms with Crippen LogP contribution in [0.4, 0.5) is 0 Å². The van der Waals surface area contributed by atoms with Crippen molar-refractivity contribution in [1.82, 2.24) is 10.6 Å². The van der Waals surface area contributed by atoms with Crippen LogP contribution in [0.2, 0.25) is 0 Å². The zero-order valence-electron chi connectivity index (χ0n) is 17.3. The highest BCUT2D eigenvalue weighted by Crippen LogP contribution is 2.43. The molecule has 0 spiro atoms. The summed E-state index contributed by atoms with van der Waals surface area (Å²) < 4.78 is 10.7. The van der Waals surface area contributed by atoms with Gasteiger partial charge in [0.2, 0.25) is 0 Å². The molecule has 2 N–H and O–H groups in total. The fourth-order valence-electron chi connectivity index (χ4n) is 3.61. The molecule has 1 aliphatic carbocycles. The van der Waals surface area contributed by atoms with Crippen LogP contribution in [0.1, 0.15) is 30.4 Å². The summed E-state index contributed by atoms with van der Waals surface area (Å²) in [6.45, 7) is 2.73. The Balaban J connectivity index is 0.00000300. The monoisotopic (exact) mass is 509 g/mol. The van der Waals surface area contributed by atoms with Gasteiger partial charge in [-0.25, -0.2) is 0 Å². The van der Waals surface area contributed by atoms with E-state index in [0.717, 1.165) is 23.8 Å². The molecule has 0 bridgehead atoms. The summed E-state index contributed by atoms with van der Waals surface area (Å²) in [5, 5.41) is 6.94. The number of ether oxygens (including phenoxy) is 2. The van der Waals surface area contributed by atoms with E-state index in [2.05, 4.69) is 52.0 Å². The number of guanidine groups is 1. The molecule has 0 unspecified atom stereocenters. The fourth-order valence-corrected chi connectivity index (χ4v) is 3.61. The van der Waals surface area contributed by atoms with Gasteiger partial charge in [0.15, 0.2) is 5.96 Å². The Labute approximate surface area is 191 Å². The van der Waals surface area contributed by atoms with Gasteiger partial charge in [-0.05, 0) is 36.1 Å². The van der Waals surface area contributed by atoms with Gasteiger partial charge in [0.25, 0.3) is 0 Å². The number of methoxy groups -OCH3 is 1. The second-order valence-electron chi connectivity index (χ2n) is 7.27. The maximum Gasteiger partial charge on any atom is 0.191 e. The van der Waals surface area contributed by atoms with E-state index in [1.54, 1.807) is 7.11 Å². The van der Waals surface area contributed by atoms with Crippen LogP contribution in [0.3, 0.4) is 0 Å². The lowest BCUT2D eigenvalue weighted by Crippen LogP contribution is -2.48. The van der Waals surface area contributed by atoms with E-state index >= 15 is 0 Å². The van der Waals surface area contributed by atoms with Crippen LogP contribution in [-0.4, -0.2) is 39.9 Å². The number of hydrogen-bond donors (Lipinski definition) is 2. The largest absolute Gasteiger partial charge is 0.491 e. The zero-order valence-corrected chi connectivity index (χ0v) is 19.6. The molecule has 29 heavy (non-hydrogen) atoms. The average Bonchev–Trinajstić information content (AvgIpc) is 2.71. The maximum atomic E-state index is 5.68. The molecule has 0 atom stereocenters. The Morgan fingerprint density at radius 3 is 2.48 bits per heavy atom. The van der Waals surface area contributed by atoms with Crippen molar-refractivity contribution in [3.05, 3.63) is 65.7 Å². The first-order valence-corrected chi connectivity index (χ1v) is 9.96. The van der Waals surface area contributed by atoms with Gasteiger partial charge in [-0.3, -0.25) is 4.99 Å². The molecule has 3 rings (SSSR count). The highest BCUT2D eigenvalue weighted by Gasteiger charge is 2.38. The molecule has 2 aromatic rings. The van der Waals surface area contributed by atoms with E-state index in [1.165, 1.54) is 24.8 Å². The molecule has 0 aromatic heterocycles. The topological polar surface area (TPSA) is 54.9 Å². The first kappa shape index (κ1) is 23.5. The van der Waals surface area contributed by atoms with Crippen molar-refractivity contribution >= 4 is 29.9 Å². The third-order valence-corrected chi connectivity index (χ3v) is 5.43. The van der Waals surface area contributed by atoms with Gasteiger partial charge in [0.05, 0.1) is 6.61 Å². The smallest absolute Gasteiger partial charge is 0.191 e. The second kappa shape index (κ2) is 12.0. The minimum Gasteiger partial charge on any atom is -0.491 e. The van der Waals surface area contributed by atoms with E-state index in [0.29, 0.717) is 19.8 Å². The first-order chi connectivity index (χ1) is 13.8. The third kappa shape index (κ3) is 6.60. The van der Waals surface area contributed by atoms with Crippen molar-refractivity contribution < 1.29 is 9.47 Å². The van der Waals surface area contributed by atoms with Gasteiger partial charge in [-0.15, -0.1) is 24.0 Å². The molecule has 0 saturated heterocycles. The van der Waals surface area contributed by atoms with Gasteiger partial charge in [0.1, 0.15) is 12.4 Å². The lowest BCUT2D eigenvalue weighted by atomic mass is 9.64. The van der Waals surface area contributed by atoms with Gasteiger partial charge < -0.3 is 20.1 Å². The zero-order chi connectivity index (χ0) is 19.7. The Bertz CT molecular complexity index is 764. The molecule has 0 aliphatic heterocycles. The predicted molar refractivity (Wildman–Crippen MR) is 129 cm³/mol. The molecule has 1 fully saturated rings. The van der Waals surface area contributed by atoms with Crippen LogP contribution < -0.4 is 15.4 Å². The van der Waals surface area contributed by atoms with Crippen molar-refractivity contribution in [1.29, 1.82) is 0 Å². The van der Waals surface area contributed by atoms with E-state index in [-0.39, 0.29) is 29.4 Å². The minimum atomic E-state index is 0. The van der Waals surface area contributed by atoms with E-state index in [4.69, 9.17) is 9.47 Å². The number of nitrogens with one attached hydrogen (secondary N) is 2. The molecule has 0 heterocycles. The summed E-state index contributed by atoms with van der Waals surface area (Å²) in [5.41, 5.74) is 2.80. The molecule has 1 saturated carbocycles. The van der Waals surface area contributed by atoms with Crippen molar-refractivity contribution in [3.63, 3.8) is 0 Å². The highest BCUT2D eigenvalue weighted by atomic mass is 127. The van der Waals surface area contributed by atoms with Crippen LogP contribution in [0.15, 0.2) is 59.6 Å². The number of aliphatic imine (C=N–C) groups is 1. The first-order valence-electron chi connectivity index (χ1n) is 9.96. The van der Waals surface area contributed by atoms with Gasteiger partial charge >= 0.3 is 0 Å². The van der Waals surface area contributed by atoms with Crippen LogP contribution in [0, 0.1) is 0 Å². The van der Waals surface area contributed by atoms with Crippen LogP contribution >= 0.6 is 24.0 Å². The fraction of sp³-hybridized carbons (Fsp3) is 0.435. The minimum absolute atomic E-state index is 0. The van der Waals surface area contributed by atoms with Crippen LogP contribution in [0.25, 0.3) is 0 Å². The molecule has 0 amide bonds. The summed E-state index contributed by atoms with van der Waals surface area (Å²) >= 11 is 0. The van der Waals surface area contributed by atoms with Crippen LogP contribution in [-0.2, 0) is 16.7 Å². The van der Waals surface area contributed by atoms with E-state index in [9.17, 15) is 0 Å². The highest BCUT2D eigenvalue weighted by molar-refractivity contribution is 14.0. The van der Waals surface area contributed by atoms with E-state index in [1.807, 2.05) is 25.2 Å². The number of nitrogens with zero attached hydrogens (tertiary/aromatic N) is 1. The number of rotatable bonds is 9. The van der Waals surface area contributed by atoms with Gasteiger partial charge in [-0.1, -0.05) is 48.9 Å². The molecular formula is C23H32IN3O2. The van der Waals surface area contributed by atoms with Gasteiger partial charge in [-0.2, -0.15) is 0 Å². The SMILES string of the molecule is CN=C(NCc1cccc(OCCOC)c1)NCC1(c2ccccc2)CCC1.I. The quantitative estimate of drug-likeness (QED) is 0.231. The van der Waals surface area contributed by atoms with E-state index < -0.39 is 0 Å². The van der Waals surface area contributed by atoms with Crippen molar-refractivity contribution in [2.24, 2.45) is 4.99 Å². The second-order valence-corrected chi connectivity index (χ2v) is 7.27. The lowest BCUT2D eigenvalue weighted by Gasteiger charge is -2.43. The summed E-state index contributed by atoms with van der Waals surface area (Å²) in [6.07, 6.45) is 3.74. The molecular weight excluding hydrogens is 477 g/mol. The standard InChI is InChI=1S/C23H31N3O2.HI/c1-24-22(25-17-19-8-6-11-21(16-19)28-15-14-27-2)26-18-23(12-7-13-23)20-9-4-3-5-10-20;/h3-6,8-11,16H,7,12-15,17-18H2,1-2H3,(H2,24,25,26);1H. The molecule has 0 radical (unpaired) electrons. The summed E-state index contributed by atoms with van der Waals surface area (Å²) in [7, 11) is 3.49. The van der Waals surface area contributed by atoms with Crippen molar-refractivity contribution in [2.75, 3.05) is 33.9 Å². The Kier molecular flexibility index (Phi) is 9.73. The number of halogens is 1. The molecule has 5 nitrogen and oxygen atoms in total. The predicted octanol–water partition coefficient (Wildman–Crippen LogP) is 4.12.